The maximum absolute atomic E-state index is 12.0. The first-order chi connectivity index (χ1) is 21.9. The van der Waals surface area contributed by atoms with Crippen LogP contribution in [0.1, 0.15) is 90.5 Å². The van der Waals surface area contributed by atoms with Crippen molar-refractivity contribution in [3.05, 3.63) is 81.1 Å². The van der Waals surface area contributed by atoms with Crippen LogP contribution in [0.25, 0.3) is 0 Å². The van der Waals surface area contributed by atoms with E-state index in [1.807, 2.05) is 27.7 Å². The van der Waals surface area contributed by atoms with Crippen molar-refractivity contribution < 1.29 is 38.4 Å². The molecule has 0 atom stereocenters. The van der Waals surface area contributed by atoms with Gasteiger partial charge in [-0.3, -0.25) is 4.79 Å². The number of aliphatic hydroxyl groups is 1. The van der Waals surface area contributed by atoms with Crippen molar-refractivity contribution in [1.82, 2.24) is 19.6 Å². The van der Waals surface area contributed by atoms with Crippen molar-refractivity contribution in [3.63, 3.8) is 0 Å². The number of nitrogens with zero attached hydrogens (tertiary/aromatic N) is 4. The van der Waals surface area contributed by atoms with Gasteiger partial charge >= 0.3 is 11.9 Å². The number of aldehydes is 1. The van der Waals surface area contributed by atoms with Crippen LogP contribution in [0, 0.1) is 0 Å². The monoisotopic (exact) mass is 674 g/mol. The van der Waals surface area contributed by atoms with Crippen LogP contribution in [-0.2, 0) is 16.1 Å². The SMILES string of the molecule is CCOC(=O)c1nn(C(C)C)c(Oc2cccc(Cl)c2)c1C=O.CCOC(=O)c1nn(C(C)C)c(Oc2cccc(Cl)c2)c1CO. The highest BCUT2D eigenvalue weighted by molar-refractivity contribution is 6.31. The summed E-state index contributed by atoms with van der Waals surface area (Å²) < 4.78 is 24.5. The summed E-state index contributed by atoms with van der Waals surface area (Å²) in [7, 11) is 0. The summed E-state index contributed by atoms with van der Waals surface area (Å²) in [4.78, 5) is 35.5. The highest BCUT2D eigenvalue weighted by atomic mass is 35.5. The van der Waals surface area contributed by atoms with Crippen molar-refractivity contribution in [2.75, 3.05) is 13.2 Å². The molecule has 14 heteroatoms. The van der Waals surface area contributed by atoms with E-state index < -0.39 is 18.5 Å². The number of ether oxygens (including phenoxy) is 4. The number of rotatable bonds is 12. The first kappa shape index (κ1) is 36.1. The van der Waals surface area contributed by atoms with E-state index in [1.54, 1.807) is 67.1 Å². The molecular weight excluding hydrogens is 639 g/mol. The molecule has 0 saturated carbocycles. The smallest absolute Gasteiger partial charge is 0.359 e. The second-order valence-electron chi connectivity index (χ2n) is 10.1. The molecule has 4 rings (SSSR count). The van der Waals surface area contributed by atoms with Crippen molar-refractivity contribution in [2.45, 2.75) is 60.2 Å². The van der Waals surface area contributed by atoms with E-state index in [1.165, 1.54) is 4.68 Å². The van der Waals surface area contributed by atoms with E-state index in [0.717, 1.165) is 0 Å². The van der Waals surface area contributed by atoms with Crippen LogP contribution in [0.4, 0.5) is 0 Å². The van der Waals surface area contributed by atoms with Gasteiger partial charge in [0, 0.05) is 10.0 Å². The van der Waals surface area contributed by atoms with E-state index in [0.29, 0.717) is 33.7 Å². The molecule has 246 valence electrons. The minimum Gasteiger partial charge on any atom is -0.461 e. The summed E-state index contributed by atoms with van der Waals surface area (Å²) in [5, 5.41) is 19.1. The Balaban J connectivity index is 0.000000250. The van der Waals surface area contributed by atoms with E-state index in [-0.39, 0.29) is 53.7 Å². The Hall–Kier alpha value is -4.39. The van der Waals surface area contributed by atoms with Crippen LogP contribution >= 0.6 is 23.2 Å². The van der Waals surface area contributed by atoms with E-state index in [4.69, 9.17) is 42.1 Å². The lowest BCUT2D eigenvalue weighted by atomic mass is 10.2. The third-order valence-electron chi connectivity index (χ3n) is 6.07. The first-order valence-electron chi connectivity index (χ1n) is 14.5. The highest BCUT2D eigenvalue weighted by Gasteiger charge is 2.28. The van der Waals surface area contributed by atoms with Gasteiger partial charge < -0.3 is 24.1 Å². The number of aliphatic hydroxyl groups excluding tert-OH is 1. The fraction of sp³-hybridized carbons (Fsp3) is 0.344. The fourth-order valence-corrected chi connectivity index (χ4v) is 4.40. The molecule has 0 aliphatic carbocycles. The average Bonchev–Trinajstić information content (AvgIpc) is 3.56. The van der Waals surface area contributed by atoms with Crippen LogP contribution in [0.2, 0.25) is 10.0 Å². The maximum Gasteiger partial charge on any atom is 0.359 e. The molecular formula is C32H36Cl2N4O8. The molecule has 0 radical (unpaired) electrons. The zero-order valence-electron chi connectivity index (χ0n) is 26.3. The van der Waals surface area contributed by atoms with Gasteiger partial charge in [0.25, 0.3) is 0 Å². The molecule has 0 spiro atoms. The topological polar surface area (TPSA) is 144 Å². The molecule has 0 saturated heterocycles. The predicted octanol–water partition coefficient (Wildman–Crippen LogP) is 7.48. The van der Waals surface area contributed by atoms with Gasteiger partial charge in [-0.25, -0.2) is 19.0 Å². The van der Waals surface area contributed by atoms with Gasteiger partial charge in [-0.1, -0.05) is 35.3 Å². The molecule has 2 aromatic heterocycles. The standard InChI is InChI=1S/C16H19ClN2O4.C16H17ClN2O4/c2*1-4-22-16(21)14-13(9-20)15(19(18-14)10(2)3)23-12-7-5-6-11(17)8-12/h5-8,10,20H,4,9H2,1-3H3;5-10H,4H2,1-3H3. The molecule has 12 nitrogen and oxygen atoms in total. The van der Waals surface area contributed by atoms with Crippen LogP contribution in [0.3, 0.4) is 0 Å². The van der Waals surface area contributed by atoms with Crippen molar-refractivity contribution >= 4 is 41.4 Å². The van der Waals surface area contributed by atoms with E-state index in [9.17, 15) is 19.5 Å². The number of esters is 2. The molecule has 46 heavy (non-hydrogen) atoms. The Morgan fingerprint density at radius 2 is 1.26 bits per heavy atom. The molecule has 2 aromatic carbocycles. The van der Waals surface area contributed by atoms with Crippen LogP contribution in [0.5, 0.6) is 23.3 Å². The molecule has 4 aromatic rings. The molecule has 0 bridgehead atoms. The molecule has 0 fully saturated rings. The average molecular weight is 676 g/mol. The first-order valence-corrected chi connectivity index (χ1v) is 15.2. The van der Waals surface area contributed by atoms with Gasteiger partial charge in [0.2, 0.25) is 11.8 Å². The lowest BCUT2D eigenvalue weighted by Crippen LogP contribution is -2.09. The zero-order chi connectivity index (χ0) is 34.0. The molecule has 0 amide bonds. The maximum atomic E-state index is 12.0. The third kappa shape index (κ3) is 8.87. The Bertz CT molecular complexity index is 1670. The molecule has 0 aliphatic heterocycles. The van der Waals surface area contributed by atoms with Crippen LogP contribution in [0.15, 0.2) is 48.5 Å². The quantitative estimate of drug-likeness (QED) is 0.119. The lowest BCUT2D eigenvalue weighted by Gasteiger charge is -2.13. The highest BCUT2D eigenvalue weighted by Crippen LogP contribution is 2.33. The van der Waals surface area contributed by atoms with Gasteiger partial charge in [-0.2, -0.15) is 10.2 Å². The Kier molecular flexibility index (Phi) is 13.2. The minimum atomic E-state index is -0.662. The van der Waals surface area contributed by atoms with Gasteiger partial charge in [-0.15, -0.1) is 0 Å². The van der Waals surface area contributed by atoms with Crippen molar-refractivity contribution in [2.24, 2.45) is 0 Å². The number of carbonyl (C=O) groups excluding carboxylic acids is 3. The van der Waals surface area contributed by atoms with Gasteiger partial charge in [0.1, 0.15) is 17.1 Å². The van der Waals surface area contributed by atoms with Crippen molar-refractivity contribution in [3.8, 4) is 23.3 Å². The molecule has 2 heterocycles. The Morgan fingerprint density at radius 1 is 0.804 bits per heavy atom. The molecule has 0 aliphatic rings. The number of benzene rings is 2. The number of halogens is 2. The normalized spacial score (nSPS) is 10.8. The zero-order valence-corrected chi connectivity index (χ0v) is 27.8. The van der Waals surface area contributed by atoms with Gasteiger partial charge in [0.15, 0.2) is 17.7 Å². The van der Waals surface area contributed by atoms with Gasteiger partial charge in [0.05, 0.1) is 37.5 Å². The van der Waals surface area contributed by atoms with Crippen molar-refractivity contribution in [1.29, 1.82) is 0 Å². The Morgan fingerprint density at radius 3 is 1.70 bits per heavy atom. The number of aromatic nitrogens is 4. The summed E-state index contributed by atoms with van der Waals surface area (Å²) in [5.41, 5.74) is 0.335. The predicted molar refractivity (Wildman–Crippen MR) is 171 cm³/mol. The van der Waals surface area contributed by atoms with Gasteiger partial charge in [-0.05, 0) is 77.9 Å². The summed E-state index contributed by atoms with van der Waals surface area (Å²) >= 11 is 11.9. The fourth-order valence-electron chi connectivity index (χ4n) is 4.04. The summed E-state index contributed by atoms with van der Waals surface area (Å²) in [6, 6.07) is 13.4. The second-order valence-corrected chi connectivity index (χ2v) is 11.0. The number of hydrogen-bond donors (Lipinski definition) is 1. The molecule has 1 N–H and O–H groups in total. The summed E-state index contributed by atoms with van der Waals surface area (Å²) in [6.45, 7) is 10.9. The third-order valence-corrected chi connectivity index (χ3v) is 6.54. The van der Waals surface area contributed by atoms with E-state index in [2.05, 4.69) is 10.2 Å². The lowest BCUT2D eigenvalue weighted by molar-refractivity contribution is 0.0506. The summed E-state index contributed by atoms with van der Waals surface area (Å²) in [5.74, 6) is 0.159. The second kappa shape index (κ2) is 16.8. The van der Waals surface area contributed by atoms with E-state index >= 15 is 0 Å². The molecule has 0 unspecified atom stereocenters. The largest absolute Gasteiger partial charge is 0.461 e. The number of carbonyl (C=O) groups is 3. The van der Waals surface area contributed by atoms with Crippen LogP contribution in [-0.4, -0.2) is 56.1 Å². The number of hydrogen-bond acceptors (Lipinski definition) is 10. The summed E-state index contributed by atoms with van der Waals surface area (Å²) in [6.07, 6.45) is 0.540. The minimum absolute atomic E-state index is 0.0529. The van der Waals surface area contributed by atoms with Crippen LogP contribution < -0.4 is 9.47 Å². The Labute approximate surface area is 276 Å².